The van der Waals surface area contributed by atoms with E-state index in [0.717, 1.165) is 12.1 Å². The highest BCUT2D eigenvalue weighted by atomic mass is 19.4. The van der Waals surface area contributed by atoms with Crippen molar-refractivity contribution in [3.05, 3.63) is 41.1 Å². The fraction of sp³-hybridized carbons (Fsp3) is 0.214. The summed E-state index contributed by atoms with van der Waals surface area (Å²) in [6, 6.07) is 4.43. The minimum Gasteiger partial charge on any atom is -0.452 e. The first-order valence-corrected chi connectivity index (χ1v) is 6.55. The number of anilines is 2. The van der Waals surface area contributed by atoms with Gasteiger partial charge in [-0.1, -0.05) is 17.3 Å². The third-order valence-electron chi connectivity index (χ3n) is 2.93. The molecule has 1 aromatic heterocycles. The molecule has 1 heterocycles. The normalized spacial score (nSPS) is 11.2. The Morgan fingerprint density at radius 2 is 2.00 bits per heavy atom. The summed E-state index contributed by atoms with van der Waals surface area (Å²) in [4.78, 5) is 23.5. The first-order valence-electron chi connectivity index (χ1n) is 6.55. The number of alkyl halides is 3. The number of carbonyl (C=O) groups excluding carboxylic acids is 2. The molecule has 0 atom stereocenters. The van der Waals surface area contributed by atoms with E-state index in [2.05, 4.69) is 9.68 Å². The van der Waals surface area contributed by atoms with Crippen LogP contribution in [-0.4, -0.2) is 23.6 Å². The van der Waals surface area contributed by atoms with Crippen LogP contribution in [0.15, 0.2) is 28.8 Å². The molecule has 2 aromatic rings. The maximum absolute atomic E-state index is 12.8. The van der Waals surface area contributed by atoms with E-state index >= 15 is 0 Å². The van der Waals surface area contributed by atoms with Gasteiger partial charge in [-0.2, -0.15) is 13.2 Å². The molecule has 0 fully saturated rings. The number of halogens is 3. The first-order chi connectivity index (χ1) is 11.2. The Bertz CT molecular complexity index is 751. The minimum atomic E-state index is -4.63. The molecule has 1 aromatic carbocycles. The number of nitrogens with zero attached hydrogens (tertiary/aromatic N) is 1. The van der Waals surface area contributed by atoms with Gasteiger partial charge in [-0.3, -0.25) is 4.79 Å². The lowest BCUT2D eigenvalue weighted by atomic mass is 10.1. The number of aryl methyl sites for hydroxylation is 1. The number of esters is 1. The molecule has 0 unspecified atom stereocenters. The number of benzene rings is 1. The zero-order valence-corrected chi connectivity index (χ0v) is 12.3. The quantitative estimate of drug-likeness (QED) is 0.825. The van der Waals surface area contributed by atoms with Crippen molar-refractivity contribution in [3.8, 4) is 0 Å². The second kappa shape index (κ2) is 6.60. The number of hydrogen-bond acceptors (Lipinski definition) is 6. The third-order valence-corrected chi connectivity index (χ3v) is 2.93. The maximum atomic E-state index is 12.8. The van der Waals surface area contributed by atoms with Crippen molar-refractivity contribution in [1.29, 1.82) is 0 Å². The van der Waals surface area contributed by atoms with Crippen molar-refractivity contribution in [3.63, 3.8) is 0 Å². The van der Waals surface area contributed by atoms with Crippen LogP contribution in [0.25, 0.3) is 0 Å². The largest absolute Gasteiger partial charge is 0.452 e. The van der Waals surface area contributed by atoms with E-state index in [0.29, 0.717) is 0 Å². The van der Waals surface area contributed by atoms with Crippen LogP contribution in [0.5, 0.6) is 0 Å². The van der Waals surface area contributed by atoms with E-state index in [-0.39, 0.29) is 17.1 Å². The Hall–Kier alpha value is -3.04. The van der Waals surface area contributed by atoms with Crippen LogP contribution >= 0.6 is 0 Å². The Kier molecular flexibility index (Phi) is 4.77. The van der Waals surface area contributed by atoms with E-state index in [1.807, 2.05) is 5.32 Å². The van der Waals surface area contributed by atoms with Gasteiger partial charge in [0.25, 0.3) is 5.91 Å². The summed E-state index contributed by atoms with van der Waals surface area (Å²) in [5.74, 6) is -2.18. The number of hydrogen-bond donors (Lipinski definition) is 2. The van der Waals surface area contributed by atoms with Crippen LogP contribution in [0.2, 0.25) is 0 Å². The Morgan fingerprint density at radius 3 is 2.58 bits per heavy atom. The molecule has 3 N–H and O–H groups in total. The molecule has 0 radical (unpaired) electrons. The molecule has 0 saturated carbocycles. The lowest BCUT2D eigenvalue weighted by Gasteiger charge is -2.13. The standard InChI is InChI=1S/C14H12F3N3O4/c1-7-11(12(18)24-20-7)13(22)23-6-10(21)19-9-5-3-2-4-8(9)14(15,16)17/h2-5H,6,18H2,1H3,(H,19,21). The number of rotatable bonds is 4. The van der Waals surface area contributed by atoms with Gasteiger partial charge in [0.15, 0.2) is 6.61 Å². The van der Waals surface area contributed by atoms with Crippen LogP contribution in [0, 0.1) is 6.92 Å². The first kappa shape index (κ1) is 17.3. The number of ether oxygens (including phenoxy) is 1. The maximum Gasteiger partial charge on any atom is 0.418 e. The van der Waals surface area contributed by atoms with Crippen molar-refractivity contribution in [1.82, 2.24) is 5.16 Å². The lowest BCUT2D eigenvalue weighted by Crippen LogP contribution is -2.23. The highest BCUT2D eigenvalue weighted by Gasteiger charge is 2.33. The number of carbonyl (C=O) groups is 2. The molecule has 10 heteroatoms. The van der Waals surface area contributed by atoms with Crippen molar-refractivity contribution in [2.75, 3.05) is 17.7 Å². The Labute approximate surface area is 133 Å². The highest BCUT2D eigenvalue weighted by molar-refractivity contribution is 5.98. The molecule has 0 aliphatic rings. The molecule has 2 rings (SSSR count). The van der Waals surface area contributed by atoms with Gasteiger partial charge in [0.1, 0.15) is 5.56 Å². The SMILES string of the molecule is Cc1noc(N)c1C(=O)OCC(=O)Nc1ccccc1C(F)(F)F. The average molecular weight is 343 g/mol. The second-order valence-corrected chi connectivity index (χ2v) is 4.67. The lowest BCUT2D eigenvalue weighted by molar-refractivity contribution is -0.137. The smallest absolute Gasteiger partial charge is 0.418 e. The molecule has 24 heavy (non-hydrogen) atoms. The zero-order valence-electron chi connectivity index (χ0n) is 12.3. The summed E-state index contributed by atoms with van der Waals surface area (Å²) in [6.45, 7) is 0.644. The van der Waals surface area contributed by atoms with Gasteiger partial charge in [0.2, 0.25) is 5.88 Å². The van der Waals surface area contributed by atoms with E-state index in [4.69, 9.17) is 10.5 Å². The fourth-order valence-electron chi connectivity index (χ4n) is 1.86. The van der Waals surface area contributed by atoms with Gasteiger partial charge in [-0.25, -0.2) is 4.79 Å². The molecule has 0 saturated heterocycles. The number of nitrogen functional groups attached to an aromatic ring is 1. The molecule has 0 bridgehead atoms. The number of nitrogens with two attached hydrogens (primary N) is 1. The topological polar surface area (TPSA) is 107 Å². The van der Waals surface area contributed by atoms with Crippen LogP contribution < -0.4 is 11.1 Å². The van der Waals surface area contributed by atoms with Crippen LogP contribution in [0.3, 0.4) is 0 Å². The monoisotopic (exact) mass is 343 g/mol. The molecule has 1 amide bonds. The van der Waals surface area contributed by atoms with Crippen molar-refractivity contribution in [2.45, 2.75) is 13.1 Å². The van der Waals surface area contributed by atoms with Gasteiger partial charge in [-0.15, -0.1) is 0 Å². The molecular weight excluding hydrogens is 331 g/mol. The molecule has 128 valence electrons. The van der Waals surface area contributed by atoms with Gasteiger partial charge >= 0.3 is 12.1 Å². The molecule has 0 aliphatic carbocycles. The predicted molar refractivity (Wildman–Crippen MR) is 76.0 cm³/mol. The number of aromatic nitrogens is 1. The molecule has 0 spiro atoms. The predicted octanol–water partition coefficient (Wildman–Crippen LogP) is 2.38. The minimum absolute atomic E-state index is 0.140. The summed E-state index contributed by atoms with van der Waals surface area (Å²) < 4.78 is 47.7. The molecular formula is C14H12F3N3O4. The highest BCUT2D eigenvalue weighted by Crippen LogP contribution is 2.34. The van der Waals surface area contributed by atoms with Crippen molar-refractivity contribution >= 4 is 23.4 Å². The van der Waals surface area contributed by atoms with Gasteiger partial charge in [0.05, 0.1) is 16.9 Å². The average Bonchev–Trinajstić information content (AvgIpc) is 2.83. The fourth-order valence-corrected chi connectivity index (χ4v) is 1.86. The summed E-state index contributed by atoms with van der Waals surface area (Å²) >= 11 is 0. The van der Waals surface area contributed by atoms with E-state index < -0.39 is 35.9 Å². The van der Waals surface area contributed by atoms with E-state index in [9.17, 15) is 22.8 Å². The summed E-state index contributed by atoms with van der Waals surface area (Å²) in [7, 11) is 0. The zero-order chi connectivity index (χ0) is 17.9. The number of nitrogens with one attached hydrogen (secondary N) is 1. The summed E-state index contributed by atoms with van der Waals surface area (Å²) in [6.07, 6.45) is -4.63. The van der Waals surface area contributed by atoms with Crippen LogP contribution in [0.1, 0.15) is 21.6 Å². The Balaban J connectivity index is 2.01. The van der Waals surface area contributed by atoms with Crippen LogP contribution in [0.4, 0.5) is 24.7 Å². The van der Waals surface area contributed by atoms with Gasteiger partial charge < -0.3 is 20.3 Å². The van der Waals surface area contributed by atoms with E-state index in [1.165, 1.54) is 19.1 Å². The van der Waals surface area contributed by atoms with Crippen molar-refractivity contribution in [2.24, 2.45) is 0 Å². The summed E-state index contributed by atoms with van der Waals surface area (Å²) in [5.41, 5.74) is 3.96. The van der Waals surface area contributed by atoms with Gasteiger partial charge in [0, 0.05) is 0 Å². The second-order valence-electron chi connectivity index (χ2n) is 4.67. The Morgan fingerprint density at radius 1 is 1.33 bits per heavy atom. The number of amides is 1. The van der Waals surface area contributed by atoms with Gasteiger partial charge in [-0.05, 0) is 19.1 Å². The van der Waals surface area contributed by atoms with Crippen molar-refractivity contribution < 1.29 is 32.0 Å². The molecule has 0 aliphatic heterocycles. The van der Waals surface area contributed by atoms with E-state index in [1.54, 1.807) is 0 Å². The summed E-state index contributed by atoms with van der Waals surface area (Å²) in [5, 5.41) is 5.48. The van der Waals surface area contributed by atoms with Crippen LogP contribution in [-0.2, 0) is 15.7 Å². The third kappa shape index (κ3) is 3.83. The molecule has 7 nitrogen and oxygen atoms in total. The number of para-hydroxylation sites is 1.